The molecule has 0 heterocycles. The molecule has 0 saturated heterocycles. The van der Waals surface area contributed by atoms with Crippen molar-refractivity contribution in [2.75, 3.05) is 6.54 Å². The van der Waals surface area contributed by atoms with Gasteiger partial charge in [0, 0.05) is 13.1 Å². The lowest BCUT2D eigenvalue weighted by Crippen LogP contribution is -2.49. The van der Waals surface area contributed by atoms with E-state index in [4.69, 9.17) is 23.2 Å². The fourth-order valence-electron chi connectivity index (χ4n) is 3.22. The summed E-state index contributed by atoms with van der Waals surface area (Å²) in [6, 6.07) is 12.6. The predicted octanol–water partition coefficient (Wildman–Crippen LogP) is 5.18. The molecule has 0 fully saturated rings. The topological polar surface area (TPSA) is 49.4 Å². The lowest BCUT2D eigenvalue weighted by Gasteiger charge is -2.31. The fourth-order valence-corrected chi connectivity index (χ4v) is 3.54. The molecule has 0 aliphatic heterocycles. The molecule has 6 heteroatoms. The van der Waals surface area contributed by atoms with E-state index >= 15 is 0 Å². The maximum atomic E-state index is 13.2. The van der Waals surface area contributed by atoms with Gasteiger partial charge in [0.15, 0.2) is 0 Å². The van der Waals surface area contributed by atoms with Gasteiger partial charge in [0.05, 0.1) is 16.5 Å². The molecule has 1 atom stereocenters. The van der Waals surface area contributed by atoms with Crippen LogP contribution in [0.5, 0.6) is 0 Å². The second-order valence-corrected chi connectivity index (χ2v) is 7.97. The van der Waals surface area contributed by atoms with Crippen LogP contribution < -0.4 is 5.32 Å². The minimum absolute atomic E-state index is 0.0971. The van der Waals surface area contributed by atoms with E-state index < -0.39 is 6.04 Å². The van der Waals surface area contributed by atoms with Crippen molar-refractivity contribution in [2.45, 2.75) is 52.6 Å². The van der Waals surface area contributed by atoms with E-state index in [2.05, 4.69) is 5.32 Å². The van der Waals surface area contributed by atoms with E-state index in [0.29, 0.717) is 29.6 Å². The first-order valence-electron chi connectivity index (χ1n) is 9.92. The third-order valence-electron chi connectivity index (χ3n) is 4.71. The van der Waals surface area contributed by atoms with Crippen LogP contribution in [0, 0.1) is 6.92 Å². The standard InChI is InChI=1S/C23H28Cl2N2O2/c1-4-11-26-23(29)21(5-2)27(15-18-9-10-19(24)20(25)13-18)22(28)14-17-8-6-7-16(3)12-17/h6-10,12-13,21H,4-5,11,14-15H2,1-3H3,(H,26,29)/t21-/m1/s1. The van der Waals surface area contributed by atoms with Gasteiger partial charge < -0.3 is 10.2 Å². The zero-order valence-corrected chi connectivity index (χ0v) is 18.7. The first kappa shape index (κ1) is 23.2. The molecule has 0 saturated carbocycles. The van der Waals surface area contributed by atoms with Crippen LogP contribution in [0.3, 0.4) is 0 Å². The lowest BCUT2D eigenvalue weighted by atomic mass is 10.1. The van der Waals surface area contributed by atoms with Gasteiger partial charge in [-0.3, -0.25) is 9.59 Å². The number of hydrogen-bond donors (Lipinski definition) is 1. The molecule has 0 aliphatic rings. The van der Waals surface area contributed by atoms with Gasteiger partial charge in [-0.2, -0.15) is 0 Å². The summed E-state index contributed by atoms with van der Waals surface area (Å²) >= 11 is 12.2. The molecule has 0 unspecified atom stereocenters. The Hall–Kier alpha value is -2.04. The number of aryl methyl sites for hydroxylation is 1. The molecule has 0 spiro atoms. The molecule has 2 aromatic rings. The summed E-state index contributed by atoms with van der Waals surface area (Å²) in [6.45, 7) is 6.78. The monoisotopic (exact) mass is 434 g/mol. The van der Waals surface area contributed by atoms with E-state index in [-0.39, 0.29) is 18.2 Å². The van der Waals surface area contributed by atoms with Crippen LogP contribution in [0.1, 0.15) is 43.4 Å². The zero-order valence-electron chi connectivity index (χ0n) is 17.2. The van der Waals surface area contributed by atoms with E-state index in [9.17, 15) is 9.59 Å². The molecular formula is C23H28Cl2N2O2. The molecule has 2 amide bonds. The van der Waals surface area contributed by atoms with Crippen LogP contribution >= 0.6 is 23.2 Å². The van der Waals surface area contributed by atoms with Gasteiger partial charge in [0.2, 0.25) is 11.8 Å². The summed E-state index contributed by atoms with van der Waals surface area (Å²) in [6.07, 6.45) is 1.60. The minimum atomic E-state index is -0.548. The van der Waals surface area contributed by atoms with Crippen molar-refractivity contribution in [1.29, 1.82) is 0 Å². The molecule has 0 aromatic heterocycles. The number of hydrogen-bond acceptors (Lipinski definition) is 2. The molecular weight excluding hydrogens is 407 g/mol. The number of carbonyl (C=O) groups excluding carboxylic acids is 2. The second-order valence-electron chi connectivity index (χ2n) is 7.15. The van der Waals surface area contributed by atoms with Gasteiger partial charge in [-0.1, -0.05) is 72.9 Å². The SMILES string of the molecule is CCCNC(=O)[C@@H](CC)N(Cc1ccc(Cl)c(Cl)c1)C(=O)Cc1cccc(C)c1. The van der Waals surface area contributed by atoms with Gasteiger partial charge in [0.1, 0.15) is 6.04 Å². The van der Waals surface area contributed by atoms with Crippen LogP contribution in [0.25, 0.3) is 0 Å². The van der Waals surface area contributed by atoms with Crippen molar-refractivity contribution >= 4 is 35.0 Å². The average Bonchev–Trinajstić information content (AvgIpc) is 2.68. The molecule has 1 N–H and O–H groups in total. The molecule has 4 nitrogen and oxygen atoms in total. The number of amides is 2. The third kappa shape index (κ3) is 6.76. The Bertz CT molecular complexity index is 855. The average molecular weight is 435 g/mol. The molecule has 2 aromatic carbocycles. The van der Waals surface area contributed by atoms with E-state index in [1.54, 1.807) is 17.0 Å². The Morgan fingerprint density at radius 3 is 2.41 bits per heavy atom. The highest BCUT2D eigenvalue weighted by molar-refractivity contribution is 6.42. The highest BCUT2D eigenvalue weighted by atomic mass is 35.5. The van der Waals surface area contributed by atoms with E-state index in [0.717, 1.165) is 23.1 Å². The quantitative estimate of drug-likeness (QED) is 0.590. The Balaban J connectivity index is 2.30. The van der Waals surface area contributed by atoms with Crippen LogP contribution in [0.15, 0.2) is 42.5 Å². The van der Waals surface area contributed by atoms with E-state index in [1.165, 1.54) is 0 Å². The van der Waals surface area contributed by atoms with Crippen LogP contribution in [-0.4, -0.2) is 29.3 Å². The molecule has 29 heavy (non-hydrogen) atoms. The number of nitrogens with one attached hydrogen (secondary N) is 1. The smallest absolute Gasteiger partial charge is 0.242 e. The Morgan fingerprint density at radius 1 is 1.03 bits per heavy atom. The van der Waals surface area contributed by atoms with Gasteiger partial charge >= 0.3 is 0 Å². The number of benzene rings is 2. The summed E-state index contributed by atoms with van der Waals surface area (Å²) < 4.78 is 0. The summed E-state index contributed by atoms with van der Waals surface area (Å²) in [5.74, 6) is -0.229. The van der Waals surface area contributed by atoms with Crippen molar-refractivity contribution in [1.82, 2.24) is 10.2 Å². The highest BCUT2D eigenvalue weighted by Crippen LogP contribution is 2.24. The van der Waals surface area contributed by atoms with Crippen LogP contribution in [0.2, 0.25) is 10.0 Å². The predicted molar refractivity (Wildman–Crippen MR) is 119 cm³/mol. The fraction of sp³-hybridized carbons (Fsp3) is 0.391. The Kier molecular flexibility index (Phi) is 8.99. The zero-order chi connectivity index (χ0) is 21.4. The molecule has 0 bridgehead atoms. The number of carbonyl (C=O) groups is 2. The number of rotatable bonds is 9. The van der Waals surface area contributed by atoms with Gasteiger partial charge in [-0.15, -0.1) is 0 Å². The second kappa shape index (κ2) is 11.2. The van der Waals surface area contributed by atoms with Crippen molar-refractivity contribution in [3.8, 4) is 0 Å². The largest absolute Gasteiger partial charge is 0.354 e. The first-order valence-corrected chi connectivity index (χ1v) is 10.7. The summed E-state index contributed by atoms with van der Waals surface area (Å²) in [5, 5.41) is 3.81. The summed E-state index contributed by atoms with van der Waals surface area (Å²) in [5.41, 5.74) is 2.86. The summed E-state index contributed by atoms with van der Waals surface area (Å²) in [7, 11) is 0. The van der Waals surface area contributed by atoms with Gasteiger partial charge in [-0.25, -0.2) is 0 Å². The highest BCUT2D eigenvalue weighted by Gasteiger charge is 2.28. The van der Waals surface area contributed by atoms with Gasteiger partial charge in [-0.05, 0) is 43.0 Å². The number of halogens is 2. The molecule has 0 aliphatic carbocycles. The van der Waals surface area contributed by atoms with Crippen LogP contribution in [0.4, 0.5) is 0 Å². The normalized spacial score (nSPS) is 11.8. The Morgan fingerprint density at radius 2 is 1.79 bits per heavy atom. The van der Waals surface area contributed by atoms with Crippen molar-refractivity contribution in [2.24, 2.45) is 0 Å². The van der Waals surface area contributed by atoms with E-state index in [1.807, 2.05) is 51.1 Å². The molecule has 156 valence electrons. The van der Waals surface area contributed by atoms with Crippen LogP contribution in [-0.2, 0) is 22.6 Å². The number of nitrogens with zero attached hydrogens (tertiary/aromatic N) is 1. The van der Waals surface area contributed by atoms with Crippen molar-refractivity contribution in [3.63, 3.8) is 0 Å². The summed E-state index contributed by atoms with van der Waals surface area (Å²) in [4.78, 5) is 27.6. The lowest BCUT2D eigenvalue weighted by molar-refractivity contribution is -0.140. The maximum absolute atomic E-state index is 13.2. The van der Waals surface area contributed by atoms with Crippen molar-refractivity contribution < 1.29 is 9.59 Å². The third-order valence-corrected chi connectivity index (χ3v) is 5.45. The Labute approximate surface area is 183 Å². The van der Waals surface area contributed by atoms with Crippen molar-refractivity contribution in [3.05, 3.63) is 69.2 Å². The first-order chi connectivity index (χ1) is 13.8. The molecule has 0 radical (unpaired) electrons. The maximum Gasteiger partial charge on any atom is 0.242 e. The van der Waals surface area contributed by atoms with Gasteiger partial charge in [0.25, 0.3) is 0 Å². The minimum Gasteiger partial charge on any atom is -0.354 e. The molecule has 2 rings (SSSR count).